The van der Waals surface area contributed by atoms with Crippen LogP contribution in [0.1, 0.15) is 67.8 Å². The highest BCUT2D eigenvalue weighted by Crippen LogP contribution is 2.32. The Hall–Kier alpha value is -2.09. The SMILES string of the molecule is COc1cc(C)c([C@H](C)NC(=O)C2CCN(S(=O)(=O)Cc3ccccc3Cl)CC2)cc1C(C)C. The molecule has 6 nitrogen and oxygen atoms in total. The maximum atomic E-state index is 13.0. The lowest BCUT2D eigenvalue weighted by Gasteiger charge is -2.31. The molecular weight excluding hydrogens is 472 g/mol. The fourth-order valence-corrected chi connectivity index (χ4v) is 6.39. The smallest absolute Gasteiger partial charge is 0.223 e. The Bertz CT molecular complexity index is 1130. The van der Waals surface area contributed by atoms with E-state index in [0.717, 1.165) is 22.4 Å². The van der Waals surface area contributed by atoms with Crippen LogP contribution in [0.15, 0.2) is 36.4 Å². The number of hydrogen-bond donors (Lipinski definition) is 1. The first-order chi connectivity index (χ1) is 16.0. The zero-order chi connectivity index (χ0) is 25.0. The van der Waals surface area contributed by atoms with E-state index in [1.165, 1.54) is 4.31 Å². The molecule has 0 saturated carbocycles. The van der Waals surface area contributed by atoms with Gasteiger partial charge in [0.15, 0.2) is 0 Å². The van der Waals surface area contributed by atoms with Crippen molar-refractivity contribution in [2.75, 3.05) is 20.2 Å². The average Bonchev–Trinajstić information content (AvgIpc) is 2.80. The van der Waals surface area contributed by atoms with E-state index in [1.807, 2.05) is 19.9 Å². The summed E-state index contributed by atoms with van der Waals surface area (Å²) in [5.74, 6) is 0.791. The molecule has 3 rings (SSSR count). The number of amides is 1. The number of halogens is 1. The van der Waals surface area contributed by atoms with Crippen LogP contribution in [0, 0.1) is 12.8 Å². The molecule has 186 valence electrons. The van der Waals surface area contributed by atoms with Crippen LogP contribution in [0.5, 0.6) is 5.75 Å². The number of carbonyl (C=O) groups excluding carboxylic acids is 1. The topological polar surface area (TPSA) is 75.7 Å². The van der Waals surface area contributed by atoms with Gasteiger partial charge in [-0.05, 0) is 73.1 Å². The van der Waals surface area contributed by atoms with Crippen LogP contribution in [-0.4, -0.2) is 38.8 Å². The van der Waals surface area contributed by atoms with Crippen molar-refractivity contribution in [3.8, 4) is 5.75 Å². The molecule has 0 radical (unpaired) electrons. The first-order valence-corrected chi connectivity index (χ1v) is 13.7. The van der Waals surface area contributed by atoms with E-state index in [9.17, 15) is 13.2 Å². The standard InChI is InChI=1S/C26H35ClN2O4S/c1-17(2)22-15-23(18(3)14-25(22)33-5)19(4)28-26(30)20-10-12-29(13-11-20)34(31,32)16-21-8-6-7-9-24(21)27/h6-9,14-15,17,19-20H,10-13,16H2,1-5H3,(H,28,30)/t19-/m0/s1. The summed E-state index contributed by atoms with van der Waals surface area (Å²) in [7, 11) is -1.82. The Kier molecular flexibility index (Phi) is 8.66. The van der Waals surface area contributed by atoms with Crippen molar-refractivity contribution in [3.63, 3.8) is 0 Å². The summed E-state index contributed by atoms with van der Waals surface area (Å²) in [6, 6.07) is 11.0. The van der Waals surface area contributed by atoms with E-state index < -0.39 is 10.0 Å². The highest BCUT2D eigenvalue weighted by atomic mass is 35.5. The number of carbonyl (C=O) groups is 1. The molecule has 0 aromatic heterocycles. The van der Waals surface area contributed by atoms with Crippen LogP contribution in [0.4, 0.5) is 0 Å². The van der Waals surface area contributed by atoms with E-state index in [1.54, 1.807) is 31.4 Å². The van der Waals surface area contributed by atoms with Crippen molar-refractivity contribution in [3.05, 3.63) is 63.7 Å². The molecule has 1 amide bonds. The van der Waals surface area contributed by atoms with Crippen molar-refractivity contribution in [2.45, 2.75) is 58.2 Å². The Balaban J connectivity index is 1.62. The summed E-state index contributed by atoms with van der Waals surface area (Å²) in [6.45, 7) is 8.91. The molecule has 8 heteroatoms. The molecule has 1 fully saturated rings. The predicted octanol–water partition coefficient (Wildman–Crippen LogP) is 5.20. The van der Waals surface area contributed by atoms with Crippen molar-refractivity contribution < 1.29 is 17.9 Å². The first kappa shape index (κ1) is 26.5. The molecule has 1 aliphatic heterocycles. The summed E-state index contributed by atoms with van der Waals surface area (Å²) >= 11 is 6.14. The van der Waals surface area contributed by atoms with Crippen LogP contribution in [-0.2, 0) is 20.6 Å². The van der Waals surface area contributed by atoms with Gasteiger partial charge in [-0.1, -0.05) is 43.6 Å². The molecule has 0 aliphatic carbocycles. The summed E-state index contributed by atoms with van der Waals surface area (Å²) in [5, 5.41) is 3.59. The number of piperidine rings is 1. The van der Waals surface area contributed by atoms with E-state index in [-0.39, 0.29) is 23.6 Å². The van der Waals surface area contributed by atoms with Gasteiger partial charge in [-0.25, -0.2) is 12.7 Å². The quantitative estimate of drug-likeness (QED) is 0.534. The molecule has 0 spiro atoms. The van der Waals surface area contributed by atoms with E-state index in [4.69, 9.17) is 16.3 Å². The van der Waals surface area contributed by atoms with E-state index >= 15 is 0 Å². The van der Waals surface area contributed by atoms with Crippen molar-refractivity contribution in [2.24, 2.45) is 5.92 Å². The maximum Gasteiger partial charge on any atom is 0.223 e. The number of methoxy groups -OCH3 is 1. The lowest BCUT2D eigenvalue weighted by Crippen LogP contribution is -2.43. The monoisotopic (exact) mass is 506 g/mol. The van der Waals surface area contributed by atoms with Crippen molar-refractivity contribution in [1.82, 2.24) is 9.62 Å². The molecule has 0 unspecified atom stereocenters. The molecule has 2 aromatic carbocycles. The highest BCUT2D eigenvalue weighted by Gasteiger charge is 2.32. The van der Waals surface area contributed by atoms with Crippen LogP contribution in [0.25, 0.3) is 0 Å². The lowest BCUT2D eigenvalue weighted by molar-refractivity contribution is -0.126. The molecular formula is C26H35ClN2O4S. The molecule has 1 atom stereocenters. The fourth-order valence-electron chi connectivity index (χ4n) is 4.52. The summed E-state index contributed by atoms with van der Waals surface area (Å²) < 4.78 is 32.8. The second-order valence-corrected chi connectivity index (χ2v) is 11.7. The molecule has 1 saturated heterocycles. The minimum absolute atomic E-state index is 0.0306. The maximum absolute atomic E-state index is 13.0. The molecule has 34 heavy (non-hydrogen) atoms. The zero-order valence-electron chi connectivity index (χ0n) is 20.6. The molecule has 1 heterocycles. The van der Waals surface area contributed by atoms with E-state index in [0.29, 0.717) is 42.4 Å². The minimum Gasteiger partial charge on any atom is -0.496 e. The van der Waals surface area contributed by atoms with Crippen LogP contribution < -0.4 is 10.1 Å². The second kappa shape index (κ2) is 11.1. The highest BCUT2D eigenvalue weighted by molar-refractivity contribution is 7.88. The van der Waals surface area contributed by atoms with Gasteiger partial charge in [0.2, 0.25) is 15.9 Å². The van der Waals surface area contributed by atoms with Gasteiger partial charge in [-0.15, -0.1) is 0 Å². The minimum atomic E-state index is -3.49. The van der Waals surface area contributed by atoms with Crippen LogP contribution in [0.3, 0.4) is 0 Å². The largest absolute Gasteiger partial charge is 0.496 e. The van der Waals surface area contributed by atoms with Gasteiger partial charge in [-0.2, -0.15) is 0 Å². The Morgan fingerprint density at radius 1 is 1.15 bits per heavy atom. The zero-order valence-corrected chi connectivity index (χ0v) is 22.2. The Morgan fingerprint density at radius 2 is 1.79 bits per heavy atom. The number of benzene rings is 2. The predicted molar refractivity (Wildman–Crippen MR) is 137 cm³/mol. The number of ether oxygens (including phenoxy) is 1. The second-order valence-electron chi connectivity index (χ2n) is 9.36. The van der Waals surface area contributed by atoms with Crippen molar-refractivity contribution in [1.29, 1.82) is 0 Å². The third-order valence-electron chi connectivity index (χ3n) is 6.58. The number of sulfonamides is 1. The van der Waals surface area contributed by atoms with Crippen molar-refractivity contribution >= 4 is 27.5 Å². The summed E-state index contributed by atoms with van der Waals surface area (Å²) in [4.78, 5) is 13.0. The number of rotatable bonds is 8. The molecule has 0 bridgehead atoms. The fraction of sp³-hybridized carbons (Fsp3) is 0.500. The van der Waals surface area contributed by atoms with Gasteiger partial charge in [0.25, 0.3) is 0 Å². The lowest BCUT2D eigenvalue weighted by atomic mass is 9.92. The molecule has 2 aromatic rings. The summed E-state index contributed by atoms with van der Waals surface area (Å²) in [6.07, 6.45) is 0.998. The number of aryl methyl sites for hydroxylation is 1. The Labute approximate surface area is 208 Å². The molecule has 1 aliphatic rings. The number of nitrogens with one attached hydrogen (secondary N) is 1. The average molecular weight is 507 g/mol. The number of hydrogen-bond acceptors (Lipinski definition) is 4. The summed E-state index contributed by atoms with van der Waals surface area (Å²) in [5.41, 5.74) is 3.84. The van der Waals surface area contributed by atoms with E-state index in [2.05, 4.69) is 25.2 Å². The van der Waals surface area contributed by atoms with Gasteiger partial charge in [0.05, 0.1) is 18.9 Å². The first-order valence-electron chi connectivity index (χ1n) is 11.7. The van der Waals surface area contributed by atoms with Gasteiger partial charge < -0.3 is 10.1 Å². The van der Waals surface area contributed by atoms with Gasteiger partial charge in [0.1, 0.15) is 5.75 Å². The third kappa shape index (κ3) is 6.12. The van der Waals surface area contributed by atoms with Crippen LogP contribution >= 0.6 is 11.6 Å². The molecule has 1 N–H and O–H groups in total. The third-order valence-corrected chi connectivity index (χ3v) is 8.78. The number of nitrogens with zero attached hydrogens (tertiary/aromatic N) is 1. The van der Waals surface area contributed by atoms with Gasteiger partial charge in [0, 0.05) is 24.0 Å². The van der Waals surface area contributed by atoms with Gasteiger partial charge in [-0.3, -0.25) is 4.79 Å². The van der Waals surface area contributed by atoms with Gasteiger partial charge >= 0.3 is 0 Å². The van der Waals surface area contributed by atoms with Crippen LogP contribution in [0.2, 0.25) is 5.02 Å². The Morgan fingerprint density at radius 3 is 2.38 bits per heavy atom. The normalized spacial score (nSPS) is 16.4.